The molecular weight excluding hydrogens is 472 g/mol. The van der Waals surface area contributed by atoms with Crippen LogP contribution in [0, 0.1) is 13.8 Å². The average Bonchev–Trinajstić information content (AvgIpc) is 2.88. The fourth-order valence-corrected chi connectivity index (χ4v) is 4.17. The number of carbonyl (C=O) groups excluding carboxylic acids is 2. The van der Waals surface area contributed by atoms with Gasteiger partial charge in [0.25, 0.3) is 5.91 Å². The van der Waals surface area contributed by atoms with Crippen molar-refractivity contribution >= 4 is 23.4 Å². The molecule has 3 aromatic carbocycles. The van der Waals surface area contributed by atoms with Crippen molar-refractivity contribution in [3.63, 3.8) is 0 Å². The van der Waals surface area contributed by atoms with Crippen molar-refractivity contribution in [3.05, 3.63) is 100 Å². The van der Waals surface area contributed by atoms with E-state index in [4.69, 9.17) is 16.3 Å². The number of unbranched alkanes of at least 4 members (excludes halogenated alkanes) is 1. The Kier molecular flexibility index (Phi) is 10.4. The van der Waals surface area contributed by atoms with Gasteiger partial charge >= 0.3 is 0 Å². The minimum atomic E-state index is -0.713. The number of ether oxygens (including phenoxy) is 1. The van der Waals surface area contributed by atoms with Gasteiger partial charge in [-0.3, -0.25) is 9.59 Å². The molecular formula is C30H35ClN2O3. The van der Waals surface area contributed by atoms with Crippen LogP contribution >= 0.6 is 11.6 Å². The molecule has 0 bridgehead atoms. The first-order valence-corrected chi connectivity index (χ1v) is 12.8. The third kappa shape index (κ3) is 7.59. The van der Waals surface area contributed by atoms with Crippen molar-refractivity contribution in [2.45, 2.75) is 52.6 Å². The van der Waals surface area contributed by atoms with Crippen molar-refractivity contribution in [1.82, 2.24) is 10.2 Å². The van der Waals surface area contributed by atoms with Crippen molar-refractivity contribution in [2.24, 2.45) is 0 Å². The summed E-state index contributed by atoms with van der Waals surface area (Å²) in [6.07, 6.45) is 2.23. The molecule has 6 heteroatoms. The maximum Gasteiger partial charge on any atom is 0.261 e. The van der Waals surface area contributed by atoms with Crippen LogP contribution in [0.15, 0.2) is 72.8 Å². The van der Waals surface area contributed by atoms with Crippen molar-refractivity contribution < 1.29 is 14.3 Å². The Morgan fingerprint density at radius 2 is 1.69 bits per heavy atom. The fraction of sp³-hybridized carbons (Fsp3) is 0.333. The van der Waals surface area contributed by atoms with E-state index < -0.39 is 6.04 Å². The zero-order chi connectivity index (χ0) is 25.9. The number of carbonyl (C=O) groups is 2. The fourth-order valence-electron chi connectivity index (χ4n) is 3.97. The van der Waals surface area contributed by atoms with Gasteiger partial charge in [-0.05, 0) is 54.7 Å². The number of benzene rings is 3. The highest BCUT2D eigenvalue weighted by Crippen LogP contribution is 2.23. The number of rotatable bonds is 12. The second-order valence-electron chi connectivity index (χ2n) is 8.95. The van der Waals surface area contributed by atoms with Gasteiger partial charge in [0.1, 0.15) is 11.8 Å². The van der Waals surface area contributed by atoms with Gasteiger partial charge in [0.05, 0.1) is 0 Å². The normalized spacial score (nSPS) is 11.6. The highest BCUT2D eigenvalue weighted by molar-refractivity contribution is 6.31. The predicted molar refractivity (Wildman–Crippen MR) is 145 cm³/mol. The lowest BCUT2D eigenvalue weighted by atomic mass is 10.0. The van der Waals surface area contributed by atoms with E-state index in [2.05, 4.69) is 12.2 Å². The van der Waals surface area contributed by atoms with Crippen molar-refractivity contribution in [2.75, 3.05) is 13.2 Å². The van der Waals surface area contributed by atoms with Crippen LogP contribution in [-0.4, -0.2) is 35.9 Å². The number of nitrogens with one attached hydrogen (secondary N) is 1. The molecule has 0 aromatic heterocycles. The van der Waals surface area contributed by atoms with Gasteiger partial charge in [-0.1, -0.05) is 85.6 Å². The van der Waals surface area contributed by atoms with Crippen LogP contribution in [0.4, 0.5) is 0 Å². The molecule has 5 nitrogen and oxygen atoms in total. The molecule has 36 heavy (non-hydrogen) atoms. The van der Waals surface area contributed by atoms with E-state index in [-0.39, 0.29) is 25.0 Å². The van der Waals surface area contributed by atoms with E-state index in [9.17, 15) is 9.59 Å². The summed E-state index contributed by atoms with van der Waals surface area (Å²) in [4.78, 5) is 28.7. The van der Waals surface area contributed by atoms with Gasteiger partial charge in [-0.15, -0.1) is 0 Å². The molecule has 0 saturated carbocycles. The summed E-state index contributed by atoms with van der Waals surface area (Å²) in [7, 11) is 0. The van der Waals surface area contributed by atoms with Gasteiger partial charge in [-0.25, -0.2) is 0 Å². The predicted octanol–water partition coefficient (Wildman–Crippen LogP) is 5.89. The van der Waals surface area contributed by atoms with Crippen LogP contribution in [-0.2, 0) is 22.6 Å². The number of amides is 2. The molecule has 0 heterocycles. The first kappa shape index (κ1) is 27.3. The molecule has 2 amide bonds. The van der Waals surface area contributed by atoms with Gasteiger partial charge in [0, 0.05) is 24.5 Å². The standard InChI is InChI=1S/C30H35ClN2O3/c1-4-5-18-32-30(35)27(19-24-13-7-6-8-14-24)33(20-25-15-9-10-16-26(25)31)29(34)21-36-28-17-11-12-22(2)23(28)3/h6-17,27H,4-5,18-21H2,1-3H3,(H,32,35)/t27-/m0/s1. The average molecular weight is 507 g/mol. The van der Waals surface area contributed by atoms with Gasteiger partial charge in [0.2, 0.25) is 5.91 Å². The number of nitrogens with zero attached hydrogens (tertiary/aromatic N) is 1. The maximum absolute atomic E-state index is 13.7. The topological polar surface area (TPSA) is 58.6 Å². The third-order valence-electron chi connectivity index (χ3n) is 6.31. The van der Waals surface area contributed by atoms with E-state index in [1.807, 2.05) is 80.6 Å². The lowest BCUT2D eigenvalue weighted by Gasteiger charge is -2.32. The van der Waals surface area contributed by atoms with Crippen LogP contribution in [0.2, 0.25) is 5.02 Å². The summed E-state index contributed by atoms with van der Waals surface area (Å²) in [5, 5.41) is 3.57. The van der Waals surface area contributed by atoms with Crippen LogP contribution < -0.4 is 10.1 Å². The molecule has 0 aliphatic carbocycles. The van der Waals surface area contributed by atoms with Gasteiger partial charge in [0.15, 0.2) is 6.61 Å². The SMILES string of the molecule is CCCCNC(=O)[C@H](Cc1ccccc1)N(Cc1ccccc1Cl)C(=O)COc1cccc(C)c1C. The monoisotopic (exact) mass is 506 g/mol. The Balaban J connectivity index is 1.91. The number of aryl methyl sites for hydroxylation is 1. The van der Waals surface area contributed by atoms with Crippen LogP contribution in [0.5, 0.6) is 5.75 Å². The summed E-state index contributed by atoms with van der Waals surface area (Å²) >= 11 is 6.46. The molecule has 0 spiro atoms. The smallest absolute Gasteiger partial charge is 0.261 e. The zero-order valence-electron chi connectivity index (χ0n) is 21.3. The van der Waals surface area contributed by atoms with Crippen molar-refractivity contribution in [3.8, 4) is 5.75 Å². The molecule has 1 atom stereocenters. The molecule has 0 fully saturated rings. The molecule has 0 aliphatic heterocycles. The first-order chi connectivity index (χ1) is 17.4. The number of hydrogen-bond acceptors (Lipinski definition) is 3. The maximum atomic E-state index is 13.7. The summed E-state index contributed by atoms with van der Waals surface area (Å²) in [6.45, 7) is 6.63. The third-order valence-corrected chi connectivity index (χ3v) is 6.67. The molecule has 1 N–H and O–H groups in total. The Morgan fingerprint density at radius 1 is 0.972 bits per heavy atom. The van der Waals surface area contributed by atoms with Gasteiger partial charge in [-0.2, -0.15) is 0 Å². The largest absolute Gasteiger partial charge is 0.483 e. The summed E-state index contributed by atoms with van der Waals surface area (Å²) < 4.78 is 5.95. The van der Waals surface area contributed by atoms with Crippen molar-refractivity contribution in [1.29, 1.82) is 0 Å². The van der Waals surface area contributed by atoms with Gasteiger partial charge < -0.3 is 15.0 Å². The van der Waals surface area contributed by atoms with E-state index in [0.717, 1.165) is 35.1 Å². The first-order valence-electron chi connectivity index (χ1n) is 12.4. The molecule has 0 radical (unpaired) electrons. The number of halogens is 1. The Bertz CT molecular complexity index is 1150. The Labute approximate surface area is 219 Å². The summed E-state index contributed by atoms with van der Waals surface area (Å²) in [6, 6.07) is 22.2. The quantitative estimate of drug-likeness (QED) is 0.311. The molecule has 0 saturated heterocycles. The second-order valence-corrected chi connectivity index (χ2v) is 9.36. The zero-order valence-corrected chi connectivity index (χ0v) is 22.1. The number of hydrogen-bond donors (Lipinski definition) is 1. The molecule has 3 aromatic rings. The van der Waals surface area contributed by atoms with Crippen LogP contribution in [0.1, 0.15) is 42.0 Å². The second kappa shape index (κ2) is 13.7. The highest BCUT2D eigenvalue weighted by Gasteiger charge is 2.31. The van der Waals surface area contributed by atoms with E-state index >= 15 is 0 Å². The Hall–Kier alpha value is -3.31. The van der Waals surface area contributed by atoms with Crippen LogP contribution in [0.3, 0.4) is 0 Å². The molecule has 190 valence electrons. The molecule has 3 rings (SSSR count). The van der Waals surface area contributed by atoms with E-state index in [0.29, 0.717) is 23.7 Å². The summed E-state index contributed by atoms with van der Waals surface area (Å²) in [5.41, 5.74) is 3.82. The lowest BCUT2D eigenvalue weighted by Crippen LogP contribution is -2.51. The van der Waals surface area contributed by atoms with E-state index in [1.54, 1.807) is 11.0 Å². The van der Waals surface area contributed by atoms with E-state index in [1.165, 1.54) is 0 Å². The lowest BCUT2D eigenvalue weighted by molar-refractivity contribution is -0.142. The Morgan fingerprint density at radius 3 is 2.42 bits per heavy atom. The summed E-state index contributed by atoms with van der Waals surface area (Å²) in [5.74, 6) is 0.204. The minimum Gasteiger partial charge on any atom is -0.483 e. The molecule has 0 aliphatic rings. The minimum absolute atomic E-state index is 0.178. The highest BCUT2D eigenvalue weighted by atomic mass is 35.5. The van der Waals surface area contributed by atoms with Crippen LogP contribution in [0.25, 0.3) is 0 Å². The molecule has 0 unspecified atom stereocenters.